The van der Waals surface area contributed by atoms with E-state index in [-0.39, 0.29) is 16.5 Å². The van der Waals surface area contributed by atoms with Gasteiger partial charge in [-0.05, 0) is 84.0 Å². The molecule has 0 nitrogen and oxygen atoms in total. The van der Waals surface area contributed by atoms with Crippen molar-refractivity contribution < 1.29 is 22.0 Å². The molecule has 0 amide bonds. The average molecular weight is 498 g/mol. The number of hydrogen-bond acceptors (Lipinski definition) is 0. The highest BCUT2D eigenvalue weighted by Gasteiger charge is 2.19. The molecule has 5 aromatic carbocycles. The Labute approximate surface area is 211 Å². The summed E-state index contributed by atoms with van der Waals surface area (Å²) in [7, 11) is 0. The molecule has 0 radical (unpaired) electrons. The third-order valence-corrected chi connectivity index (χ3v) is 6.26. The van der Waals surface area contributed by atoms with Gasteiger partial charge in [0.1, 0.15) is 11.6 Å². The van der Waals surface area contributed by atoms with Gasteiger partial charge in [-0.1, -0.05) is 53.8 Å². The second kappa shape index (κ2) is 9.55. The average Bonchev–Trinajstić information content (AvgIpc) is 2.88. The first-order valence-electron chi connectivity index (χ1n) is 11.5. The van der Waals surface area contributed by atoms with Gasteiger partial charge in [0.15, 0.2) is 17.5 Å². The highest BCUT2D eigenvalue weighted by Crippen LogP contribution is 2.33. The van der Waals surface area contributed by atoms with Crippen LogP contribution in [0.5, 0.6) is 0 Å². The molecular weight excluding hydrogens is 479 g/mol. The van der Waals surface area contributed by atoms with E-state index in [1.165, 1.54) is 23.8 Å². The van der Waals surface area contributed by atoms with Crippen molar-refractivity contribution in [2.45, 2.75) is 13.8 Å². The monoisotopic (exact) mass is 498 g/mol. The van der Waals surface area contributed by atoms with Gasteiger partial charge in [0.2, 0.25) is 0 Å². The van der Waals surface area contributed by atoms with E-state index in [4.69, 9.17) is 0 Å². The van der Waals surface area contributed by atoms with Crippen molar-refractivity contribution in [1.82, 2.24) is 0 Å². The van der Waals surface area contributed by atoms with E-state index < -0.39 is 34.5 Å². The van der Waals surface area contributed by atoms with Crippen molar-refractivity contribution in [2.24, 2.45) is 0 Å². The summed E-state index contributed by atoms with van der Waals surface area (Å²) in [5.74, 6) is -0.604. The van der Waals surface area contributed by atoms with Crippen molar-refractivity contribution in [3.05, 3.63) is 130 Å². The first kappa shape index (κ1) is 24.3. The molecular formula is C32H19F5. The SMILES string of the molecule is Cc1ccc(-c2ccc(C#Cc3cc(F)c(-c4cc(F)c5c(F)c(F)c(F)cc5c4)cc3C)cc2)cc1. The Bertz CT molecular complexity index is 1720. The highest BCUT2D eigenvalue weighted by molar-refractivity contribution is 5.89. The molecule has 0 aliphatic rings. The summed E-state index contributed by atoms with van der Waals surface area (Å²) in [6.07, 6.45) is 0. The van der Waals surface area contributed by atoms with Crippen molar-refractivity contribution in [3.63, 3.8) is 0 Å². The number of hydrogen-bond donors (Lipinski definition) is 0. The maximum atomic E-state index is 15.1. The van der Waals surface area contributed by atoms with Gasteiger partial charge in [-0.3, -0.25) is 0 Å². The maximum absolute atomic E-state index is 15.1. The van der Waals surface area contributed by atoms with Crippen LogP contribution in [0.4, 0.5) is 22.0 Å². The Kier molecular flexibility index (Phi) is 6.27. The summed E-state index contributed by atoms with van der Waals surface area (Å²) in [5.41, 5.74) is 5.29. The number of benzene rings is 5. The van der Waals surface area contributed by atoms with Gasteiger partial charge >= 0.3 is 0 Å². The number of aryl methyl sites for hydroxylation is 2. The van der Waals surface area contributed by atoms with Crippen LogP contribution < -0.4 is 0 Å². The van der Waals surface area contributed by atoms with Gasteiger partial charge in [-0.15, -0.1) is 0 Å². The molecule has 0 N–H and O–H groups in total. The van der Waals surface area contributed by atoms with E-state index in [1.807, 2.05) is 43.3 Å². The molecule has 182 valence electrons. The first-order valence-corrected chi connectivity index (χ1v) is 11.5. The molecule has 0 heterocycles. The normalized spacial score (nSPS) is 10.9. The summed E-state index contributed by atoms with van der Waals surface area (Å²) >= 11 is 0. The molecule has 5 heteroatoms. The first-order chi connectivity index (χ1) is 17.7. The van der Waals surface area contributed by atoms with Crippen LogP contribution in [0.1, 0.15) is 22.3 Å². The van der Waals surface area contributed by atoms with Crippen molar-refractivity contribution >= 4 is 10.8 Å². The largest absolute Gasteiger partial charge is 0.206 e. The molecule has 5 rings (SSSR count). The van der Waals surface area contributed by atoms with Crippen molar-refractivity contribution in [2.75, 3.05) is 0 Å². The molecule has 0 atom stereocenters. The third kappa shape index (κ3) is 4.71. The molecule has 0 saturated carbocycles. The second-order valence-electron chi connectivity index (χ2n) is 8.88. The summed E-state index contributed by atoms with van der Waals surface area (Å²) in [6, 6.07) is 21.5. The summed E-state index contributed by atoms with van der Waals surface area (Å²) in [5, 5.41) is -0.892. The Hall–Kier alpha value is -4.43. The van der Waals surface area contributed by atoms with Crippen LogP contribution in [0.2, 0.25) is 0 Å². The molecule has 5 aromatic rings. The quantitative estimate of drug-likeness (QED) is 0.130. The minimum absolute atomic E-state index is 0.0384. The van der Waals surface area contributed by atoms with Crippen LogP contribution in [-0.2, 0) is 0 Å². The minimum Gasteiger partial charge on any atom is -0.206 e. The van der Waals surface area contributed by atoms with Gasteiger partial charge in [0, 0.05) is 16.7 Å². The molecule has 0 unspecified atom stereocenters. The fourth-order valence-corrected chi connectivity index (χ4v) is 4.21. The fourth-order valence-electron chi connectivity index (χ4n) is 4.21. The van der Waals surface area contributed by atoms with E-state index >= 15 is 4.39 Å². The van der Waals surface area contributed by atoms with Crippen LogP contribution >= 0.6 is 0 Å². The Morgan fingerprint density at radius 3 is 1.86 bits per heavy atom. The van der Waals surface area contributed by atoms with Crippen LogP contribution in [0, 0.1) is 54.8 Å². The fraction of sp³-hybridized carbons (Fsp3) is 0.0625. The van der Waals surface area contributed by atoms with Crippen molar-refractivity contribution in [3.8, 4) is 34.1 Å². The maximum Gasteiger partial charge on any atom is 0.195 e. The molecule has 37 heavy (non-hydrogen) atoms. The Balaban J connectivity index is 1.46. The lowest BCUT2D eigenvalue weighted by Crippen LogP contribution is -1.97. The predicted octanol–water partition coefficient (Wildman–Crippen LogP) is 8.89. The van der Waals surface area contributed by atoms with Gasteiger partial charge in [0.05, 0.1) is 5.39 Å². The van der Waals surface area contributed by atoms with Crippen LogP contribution in [0.25, 0.3) is 33.0 Å². The molecule has 0 aliphatic heterocycles. The highest BCUT2D eigenvalue weighted by atomic mass is 19.2. The zero-order valence-corrected chi connectivity index (χ0v) is 19.9. The summed E-state index contributed by atoms with van der Waals surface area (Å²) in [6.45, 7) is 3.77. The van der Waals surface area contributed by atoms with E-state index in [1.54, 1.807) is 6.92 Å². The zero-order chi connectivity index (χ0) is 26.3. The van der Waals surface area contributed by atoms with Crippen LogP contribution in [0.15, 0.2) is 78.9 Å². The molecule has 0 spiro atoms. The second-order valence-corrected chi connectivity index (χ2v) is 8.88. The van der Waals surface area contributed by atoms with Crippen LogP contribution in [0.3, 0.4) is 0 Å². The molecule has 0 bridgehead atoms. The topological polar surface area (TPSA) is 0 Å². The smallest absolute Gasteiger partial charge is 0.195 e. The number of rotatable bonds is 2. The zero-order valence-electron chi connectivity index (χ0n) is 19.9. The van der Waals surface area contributed by atoms with E-state index in [9.17, 15) is 17.6 Å². The molecule has 0 fully saturated rings. The van der Waals surface area contributed by atoms with Gasteiger partial charge in [-0.25, -0.2) is 22.0 Å². The Morgan fingerprint density at radius 1 is 0.541 bits per heavy atom. The van der Waals surface area contributed by atoms with E-state index in [2.05, 4.69) is 24.0 Å². The van der Waals surface area contributed by atoms with E-state index in [0.29, 0.717) is 17.2 Å². The third-order valence-electron chi connectivity index (χ3n) is 6.26. The van der Waals surface area contributed by atoms with Gasteiger partial charge < -0.3 is 0 Å². The molecule has 0 aromatic heterocycles. The van der Waals surface area contributed by atoms with Crippen molar-refractivity contribution in [1.29, 1.82) is 0 Å². The standard InChI is InChI=1S/C32H19F5/c1-18-3-8-21(9-4-18)22-10-5-20(6-11-22)7-12-23-15-27(33)26(13-19(23)2)24-14-25-17-29(35)31(36)32(37)30(25)28(34)16-24/h3-6,8-11,13-17H,1-2H3. The summed E-state index contributed by atoms with van der Waals surface area (Å²) < 4.78 is 71.0. The van der Waals surface area contributed by atoms with Gasteiger partial charge in [-0.2, -0.15) is 0 Å². The molecule has 0 aliphatic carbocycles. The predicted molar refractivity (Wildman–Crippen MR) is 137 cm³/mol. The number of halogens is 5. The molecule has 0 saturated heterocycles. The number of fused-ring (bicyclic) bond motifs is 1. The summed E-state index contributed by atoms with van der Waals surface area (Å²) in [4.78, 5) is 0. The lowest BCUT2D eigenvalue weighted by atomic mass is 9.96. The van der Waals surface area contributed by atoms with Gasteiger partial charge in [0.25, 0.3) is 0 Å². The Morgan fingerprint density at radius 2 is 1.19 bits per heavy atom. The van der Waals surface area contributed by atoms with Crippen LogP contribution in [-0.4, -0.2) is 0 Å². The lowest BCUT2D eigenvalue weighted by Gasteiger charge is -2.10. The minimum atomic E-state index is -1.76. The lowest BCUT2D eigenvalue weighted by molar-refractivity contribution is 0.451. The van der Waals surface area contributed by atoms with E-state index in [0.717, 1.165) is 22.8 Å².